The van der Waals surface area contributed by atoms with Crippen LogP contribution in [0.25, 0.3) is 0 Å². The summed E-state index contributed by atoms with van der Waals surface area (Å²) in [5.41, 5.74) is 2.88. The van der Waals surface area contributed by atoms with Crippen LogP contribution < -0.4 is 0 Å². The zero-order valence-electron chi connectivity index (χ0n) is 14.6. The molecule has 0 bridgehead atoms. The van der Waals surface area contributed by atoms with Gasteiger partial charge in [0.25, 0.3) is 0 Å². The van der Waals surface area contributed by atoms with Crippen molar-refractivity contribution in [3.63, 3.8) is 0 Å². The summed E-state index contributed by atoms with van der Waals surface area (Å²) < 4.78 is 13.1. The highest BCUT2D eigenvalue weighted by Gasteiger charge is 2.25. The lowest BCUT2D eigenvalue weighted by atomic mass is 10.0. The van der Waals surface area contributed by atoms with Gasteiger partial charge >= 0.3 is 0 Å². The summed E-state index contributed by atoms with van der Waals surface area (Å²) >= 11 is 5.93. The fourth-order valence-corrected chi connectivity index (χ4v) is 3.18. The standard InChI is InChI=1S/C20H22ClFN2O2/c1-14(25)11-24(12-15-2-8-18(22)9-3-15)13-19-10-20(23-26-19)16-4-6-17(21)7-5-16/h2-9,14,19,25H,10-13H2,1H3. The predicted octanol–water partition coefficient (Wildman–Crippen LogP) is 3.86. The summed E-state index contributed by atoms with van der Waals surface area (Å²) in [5, 5.41) is 14.7. The summed E-state index contributed by atoms with van der Waals surface area (Å²) in [6.45, 7) is 3.50. The van der Waals surface area contributed by atoms with Crippen molar-refractivity contribution < 1.29 is 14.3 Å². The van der Waals surface area contributed by atoms with Crippen molar-refractivity contribution in [1.29, 1.82) is 0 Å². The number of rotatable bonds is 7. The minimum absolute atomic E-state index is 0.0834. The number of nitrogens with zero attached hydrogens (tertiary/aromatic N) is 2. The Balaban J connectivity index is 1.60. The number of oxime groups is 1. The Morgan fingerprint density at radius 2 is 1.92 bits per heavy atom. The molecule has 3 rings (SSSR count). The second kappa shape index (κ2) is 8.62. The molecule has 0 spiro atoms. The summed E-state index contributed by atoms with van der Waals surface area (Å²) in [5.74, 6) is -0.254. The molecule has 138 valence electrons. The summed E-state index contributed by atoms with van der Waals surface area (Å²) in [6, 6.07) is 13.9. The van der Waals surface area contributed by atoms with Crippen molar-refractivity contribution in [2.75, 3.05) is 13.1 Å². The van der Waals surface area contributed by atoms with Gasteiger partial charge in [0, 0.05) is 31.1 Å². The first-order chi connectivity index (χ1) is 12.5. The van der Waals surface area contributed by atoms with Crippen molar-refractivity contribution >= 4 is 17.3 Å². The Hall–Kier alpha value is -1.95. The number of halogens is 2. The first-order valence-electron chi connectivity index (χ1n) is 8.63. The number of aliphatic hydroxyl groups is 1. The van der Waals surface area contributed by atoms with Crippen LogP contribution in [0.15, 0.2) is 53.7 Å². The van der Waals surface area contributed by atoms with Crippen LogP contribution in [-0.2, 0) is 11.4 Å². The lowest BCUT2D eigenvalue weighted by Gasteiger charge is -2.25. The van der Waals surface area contributed by atoms with Gasteiger partial charge < -0.3 is 9.94 Å². The van der Waals surface area contributed by atoms with Gasteiger partial charge in [-0.15, -0.1) is 0 Å². The van der Waals surface area contributed by atoms with Crippen LogP contribution in [0.3, 0.4) is 0 Å². The molecule has 4 nitrogen and oxygen atoms in total. The molecule has 1 aliphatic heterocycles. The molecule has 26 heavy (non-hydrogen) atoms. The Morgan fingerprint density at radius 1 is 1.23 bits per heavy atom. The Bertz CT molecular complexity index is 747. The monoisotopic (exact) mass is 376 g/mol. The fraction of sp³-hybridized carbons (Fsp3) is 0.350. The van der Waals surface area contributed by atoms with Crippen LogP contribution in [0, 0.1) is 5.82 Å². The third-order valence-electron chi connectivity index (χ3n) is 4.21. The molecule has 2 unspecified atom stereocenters. The second-order valence-corrected chi connectivity index (χ2v) is 7.08. The molecule has 0 aliphatic carbocycles. The van der Waals surface area contributed by atoms with Gasteiger partial charge in [-0.05, 0) is 42.3 Å². The Kier molecular flexibility index (Phi) is 6.25. The van der Waals surface area contributed by atoms with E-state index in [4.69, 9.17) is 16.4 Å². The molecule has 0 fully saturated rings. The van der Waals surface area contributed by atoms with Gasteiger partial charge in [0.05, 0.1) is 11.8 Å². The lowest BCUT2D eigenvalue weighted by Crippen LogP contribution is -2.37. The molecule has 1 N–H and O–H groups in total. The average Bonchev–Trinajstić information content (AvgIpc) is 3.05. The van der Waals surface area contributed by atoms with E-state index in [1.54, 1.807) is 19.1 Å². The van der Waals surface area contributed by atoms with E-state index >= 15 is 0 Å². The normalized spacial score (nSPS) is 17.9. The molecular weight excluding hydrogens is 355 g/mol. The summed E-state index contributed by atoms with van der Waals surface area (Å²) in [4.78, 5) is 7.69. The van der Waals surface area contributed by atoms with E-state index in [2.05, 4.69) is 10.1 Å². The predicted molar refractivity (Wildman–Crippen MR) is 101 cm³/mol. The van der Waals surface area contributed by atoms with Crippen molar-refractivity contribution in [2.24, 2.45) is 5.16 Å². The highest BCUT2D eigenvalue weighted by Crippen LogP contribution is 2.20. The molecule has 2 atom stereocenters. The van der Waals surface area contributed by atoms with Crippen molar-refractivity contribution in [1.82, 2.24) is 4.90 Å². The maximum atomic E-state index is 13.1. The Labute approximate surface area is 157 Å². The molecule has 6 heteroatoms. The van der Waals surface area contributed by atoms with E-state index in [1.807, 2.05) is 24.3 Å². The molecule has 0 radical (unpaired) electrons. The zero-order valence-corrected chi connectivity index (χ0v) is 15.4. The molecule has 2 aromatic carbocycles. The number of hydrogen-bond donors (Lipinski definition) is 1. The van der Waals surface area contributed by atoms with E-state index in [0.29, 0.717) is 31.1 Å². The van der Waals surface area contributed by atoms with Crippen LogP contribution >= 0.6 is 11.6 Å². The molecule has 0 saturated heterocycles. The van der Waals surface area contributed by atoms with E-state index in [1.165, 1.54) is 12.1 Å². The number of benzene rings is 2. The van der Waals surface area contributed by atoms with Crippen LogP contribution in [0.5, 0.6) is 0 Å². The first kappa shape index (κ1) is 18.8. The third-order valence-corrected chi connectivity index (χ3v) is 4.47. The van der Waals surface area contributed by atoms with Gasteiger partial charge in [0.2, 0.25) is 0 Å². The quantitative estimate of drug-likeness (QED) is 0.798. The van der Waals surface area contributed by atoms with Gasteiger partial charge in [0.15, 0.2) is 0 Å². The fourth-order valence-electron chi connectivity index (χ4n) is 3.05. The molecule has 2 aromatic rings. The van der Waals surface area contributed by atoms with Crippen molar-refractivity contribution in [2.45, 2.75) is 32.1 Å². The van der Waals surface area contributed by atoms with E-state index in [-0.39, 0.29) is 11.9 Å². The van der Waals surface area contributed by atoms with Crippen LogP contribution in [-0.4, -0.2) is 41.0 Å². The van der Waals surface area contributed by atoms with Crippen LogP contribution in [0.4, 0.5) is 4.39 Å². The maximum absolute atomic E-state index is 13.1. The Morgan fingerprint density at radius 3 is 2.58 bits per heavy atom. The van der Waals surface area contributed by atoms with Crippen molar-refractivity contribution in [3.05, 3.63) is 70.5 Å². The average molecular weight is 377 g/mol. The molecular formula is C20H22ClFN2O2. The van der Waals surface area contributed by atoms with E-state index in [0.717, 1.165) is 16.8 Å². The van der Waals surface area contributed by atoms with Gasteiger partial charge in [0.1, 0.15) is 11.9 Å². The van der Waals surface area contributed by atoms with E-state index < -0.39 is 6.10 Å². The maximum Gasteiger partial charge on any atom is 0.145 e. The smallest absolute Gasteiger partial charge is 0.145 e. The highest BCUT2D eigenvalue weighted by atomic mass is 35.5. The SMILES string of the molecule is CC(O)CN(Cc1ccc(F)cc1)CC1CC(c2ccc(Cl)cc2)=NO1. The van der Waals surface area contributed by atoms with Gasteiger partial charge in [-0.3, -0.25) is 4.90 Å². The molecule has 0 aromatic heterocycles. The highest BCUT2D eigenvalue weighted by molar-refractivity contribution is 6.30. The minimum atomic E-state index is -0.464. The zero-order chi connectivity index (χ0) is 18.5. The van der Waals surface area contributed by atoms with Crippen LogP contribution in [0.2, 0.25) is 5.02 Å². The minimum Gasteiger partial charge on any atom is -0.392 e. The second-order valence-electron chi connectivity index (χ2n) is 6.65. The van der Waals surface area contributed by atoms with E-state index in [9.17, 15) is 9.50 Å². The lowest BCUT2D eigenvalue weighted by molar-refractivity contribution is 0.0351. The molecule has 0 amide bonds. The summed E-state index contributed by atoms with van der Waals surface area (Å²) in [7, 11) is 0. The van der Waals surface area contributed by atoms with Gasteiger partial charge in [-0.25, -0.2) is 4.39 Å². The largest absolute Gasteiger partial charge is 0.392 e. The summed E-state index contributed by atoms with van der Waals surface area (Å²) in [6.07, 6.45) is 0.148. The van der Waals surface area contributed by atoms with Crippen molar-refractivity contribution in [3.8, 4) is 0 Å². The van der Waals surface area contributed by atoms with Crippen LogP contribution in [0.1, 0.15) is 24.5 Å². The number of aliphatic hydroxyl groups excluding tert-OH is 1. The molecule has 1 aliphatic rings. The third kappa shape index (κ3) is 5.27. The molecule has 0 saturated carbocycles. The first-order valence-corrected chi connectivity index (χ1v) is 9.01. The van der Waals surface area contributed by atoms with Gasteiger partial charge in [-0.1, -0.05) is 41.0 Å². The molecule has 1 heterocycles. The van der Waals surface area contributed by atoms with Gasteiger partial charge in [-0.2, -0.15) is 0 Å². The topological polar surface area (TPSA) is 45.1 Å². The number of hydrogen-bond acceptors (Lipinski definition) is 4.